The highest BCUT2D eigenvalue weighted by Crippen LogP contribution is 2.25. The lowest BCUT2D eigenvalue weighted by Gasteiger charge is -2.39. The Labute approximate surface area is 156 Å². The molecule has 2 aromatic heterocycles. The summed E-state index contributed by atoms with van der Waals surface area (Å²) in [6.07, 6.45) is 1.74. The Morgan fingerprint density at radius 1 is 1.33 bits per heavy atom. The summed E-state index contributed by atoms with van der Waals surface area (Å²) in [4.78, 5) is 28.8. The van der Waals surface area contributed by atoms with Crippen molar-refractivity contribution in [1.82, 2.24) is 20.3 Å². The second-order valence-electron chi connectivity index (χ2n) is 7.20. The number of nitrogens with one attached hydrogen (secondary N) is 1. The third kappa shape index (κ3) is 3.07. The Kier molecular flexibility index (Phi) is 4.18. The first-order chi connectivity index (χ1) is 12.9. The smallest absolute Gasteiger partial charge is 0.276 e. The van der Waals surface area contributed by atoms with Crippen LogP contribution in [0.3, 0.4) is 0 Å². The van der Waals surface area contributed by atoms with Gasteiger partial charge in [0.1, 0.15) is 12.3 Å². The first kappa shape index (κ1) is 17.3. The van der Waals surface area contributed by atoms with Gasteiger partial charge in [0.2, 0.25) is 5.91 Å². The fourth-order valence-corrected chi connectivity index (χ4v) is 3.28. The summed E-state index contributed by atoms with van der Waals surface area (Å²) in [6, 6.07) is 7.23. The van der Waals surface area contributed by atoms with E-state index in [-0.39, 0.29) is 36.0 Å². The SMILES string of the molecule is CC(C)c1cc(C(=O)N2CC(=O)N(c3ccc4cn[nH]c4c3)C[C@H]2C)no1. The molecule has 0 spiro atoms. The zero-order valence-electron chi connectivity index (χ0n) is 15.5. The number of amides is 2. The Morgan fingerprint density at radius 3 is 2.89 bits per heavy atom. The number of aromatic nitrogens is 3. The number of benzene rings is 1. The van der Waals surface area contributed by atoms with Crippen LogP contribution in [0, 0.1) is 0 Å². The molecule has 0 aliphatic carbocycles. The zero-order chi connectivity index (χ0) is 19.1. The number of hydrogen-bond donors (Lipinski definition) is 1. The van der Waals surface area contributed by atoms with Gasteiger partial charge in [0, 0.05) is 35.6 Å². The van der Waals surface area contributed by atoms with Crippen LogP contribution in [0.5, 0.6) is 0 Å². The van der Waals surface area contributed by atoms with Crippen molar-refractivity contribution in [2.45, 2.75) is 32.7 Å². The molecule has 3 aromatic rings. The molecule has 2 amide bonds. The van der Waals surface area contributed by atoms with E-state index in [4.69, 9.17) is 4.52 Å². The first-order valence-electron chi connectivity index (χ1n) is 8.95. The summed E-state index contributed by atoms with van der Waals surface area (Å²) in [7, 11) is 0. The average molecular weight is 367 g/mol. The van der Waals surface area contributed by atoms with Gasteiger partial charge in [0.15, 0.2) is 5.69 Å². The molecular formula is C19H21N5O3. The highest BCUT2D eigenvalue weighted by atomic mass is 16.5. The van der Waals surface area contributed by atoms with E-state index >= 15 is 0 Å². The van der Waals surface area contributed by atoms with E-state index in [1.165, 1.54) is 0 Å². The molecule has 1 saturated heterocycles. The lowest BCUT2D eigenvalue weighted by Crippen LogP contribution is -2.57. The number of carbonyl (C=O) groups is 2. The van der Waals surface area contributed by atoms with Gasteiger partial charge in [-0.25, -0.2) is 0 Å². The van der Waals surface area contributed by atoms with Gasteiger partial charge in [-0.2, -0.15) is 5.10 Å². The Morgan fingerprint density at radius 2 is 2.15 bits per heavy atom. The molecular weight excluding hydrogens is 346 g/mol. The van der Waals surface area contributed by atoms with Crippen LogP contribution < -0.4 is 4.90 Å². The van der Waals surface area contributed by atoms with Gasteiger partial charge in [-0.05, 0) is 25.1 Å². The van der Waals surface area contributed by atoms with E-state index < -0.39 is 0 Å². The molecule has 0 unspecified atom stereocenters. The minimum absolute atomic E-state index is 0.00485. The van der Waals surface area contributed by atoms with Crippen molar-refractivity contribution in [1.29, 1.82) is 0 Å². The lowest BCUT2D eigenvalue weighted by molar-refractivity contribution is -0.121. The maximum absolute atomic E-state index is 12.8. The number of fused-ring (bicyclic) bond motifs is 1. The quantitative estimate of drug-likeness (QED) is 0.767. The van der Waals surface area contributed by atoms with Crippen molar-refractivity contribution >= 4 is 28.4 Å². The molecule has 0 bridgehead atoms. The Bertz CT molecular complexity index is 1010. The summed E-state index contributed by atoms with van der Waals surface area (Å²) in [6.45, 7) is 6.28. The van der Waals surface area contributed by atoms with Crippen LogP contribution in [-0.2, 0) is 4.79 Å². The van der Waals surface area contributed by atoms with Gasteiger partial charge in [-0.1, -0.05) is 19.0 Å². The first-order valence-corrected chi connectivity index (χ1v) is 8.95. The van der Waals surface area contributed by atoms with Crippen LogP contribution in [-0.4, -0.2) is 51.2 Å². The molecule has 1 N–H and O–H groups in total. The second-order valence-corrected chi connectivity index (χ2v) is 7.20. The minimum atomic E-state index is -0.282. The molecule has 0 radical (unpaired) electrons. The van der Waals surface area contributed by atoms with Crippen LogP contribution in [0.2, 0.25) is 0 Å². The number of carbonyl (C=O) groups excluding carboxylic acids is 2. The number of rotatable bonds is 3. The van der Waals surface area contributed by atoms with Crippen molar-refractivity contribution in [3.63, 3.8) is 0 Å². The molecule has 8 heteroatoms. The third-order valence-electron chi connectivity index (χ3n) is 4.90. The highest BCUT2D eigenvalue weighted by molar-refractivity contribution is 6.02. The highest BCUT2D eigenvalue weighted by Gasteiger charge is 2.35. The van der Waals surface area contributed by atoms with E-state index in [9.17, 15) is 9.59 Å². The lowest BCUT2D eigenvalue weighted by atomic mass is 10.1. The van der Waals surface area contributed by atoms with Crippen molar-refractivity contribution in [3.05, 3.63) is 41.9 Å². The van der Waals surface area contributed by atoms with Gasteiger partial charge in [0.25, 0.3) is 5.91 Å². The van der Waals surface area contributed by atoms with Crippen molar-refractivity contribution in [2.75, 3.05) is 18.0 Å². The van der Waals surface area contributed by atoms with Gasteiger partial charge in [-0.15, -0.1) is 0 Å². The predicted molar refractivity (Wildman–Crippen MR) is 99.5 cm³/mol. The molecule has 8 nitrogen and oxygen atoms in total. The fourth-order valence-electron chi connectivity index (χ4n) is 3.28. The van der Waals surface area contributed by atoms with Crippen LogP contribution >= 0.6 is 0 Å². The summed E-state index contributed by atoms with van der Waals surface area (Å²) >= 11 is 0. The molecule has 1 aliphatic heterocycles. The molecule has 1 aromatic carbocycles. The van der Waals surface area contributed by atoms with E-state index in [1.807, 2.05) is 39.0 Å². The van der Waals surface area contributed by atoms with Crippen molar-refractivity contribution in [2.24, 2.45) is 0 Å². The van der Waals surface area contributed by atoms with Crippen LogP contribution in [0.25, 0.3) is 10.9 Å². The number of anilines is 1. The molecule has 1 atom stereocenters. The molecule has 4 rings (SSSR count). The van der Waals surface area contributed by atoms with E-state index in [0.717, 1.165) is 16.6 Å². The maximum Gasteiger partial charge on any atom is 0.276 e. The largest absolute Gasteiger partial charge is 0.360 e. The summed E-state index contributed by atoms with van der Waals surface area (Å²) in [5, 5.41) is 11.8. The Hall–Kier alpha value is -3.16. The van der Waals surface area contributed by atoms with Crippen molar-refractivity contribution < 1.29 is 14.1 Å². The van der Waals surface area contributed by atoms with Gasteiger partial charge < -0.3 is 14.3 Å². The van der Waals surface area contributed by atoms with Crippen LogP contribution in [0.4, 0.5) is 5.69 Å². The van der Waals surface area contributed by atoms with E-state index in [0.29, 0.717) is 12.3 Å². The number of H-pyrrole nitrogens is 1. The maximum atomic E-state index is 12.8. The molecule has 140 valence electrons. The topological polar surface area (TPSA) is 95.3 Å². The average Bonchev–Trinajstić information content (AvgIpc) is 3.31. The Balaban J connectivity index is 1.54. The third-order valence-corrected chi connectivity index (χ3v) is 4.90. The van der Waals surface area contributed by atoms with Gasteiger partial charge in [0.05, 0.1) is 11.7 Å². The number of hydrogen-bond acceptors (Lipinski definition) is 5. The minimum Gasteiger partial charge on any atom is -0.360 e. The monoisotopic (exact) mass is 367 g/mol. The number of aromatic amines is 1. The van der Waals surface area contributed by atoms with Gasteiger partial charge >= 0.3 is 0 Å². The van der Waals surface area contributed by atoms with Crippen LogP contribution in [0.15, 0.2) is 35.0 Å². The molecule has 1 aliphatic rings. The molecule has 0 saturated carbocycles. The number of piperazine rings is 1. The van der Waals surface area contributed by atoms with E-state index in [1.54, 1.807) is 22.1 Å². The van der Waals surface area contributed by atoms with Crippen molar-refractivity contribution in [3.8, 4) is 0 Å². The summed E-state index contributed by atoms with van der Waals surface area (Å²) in [5.41, 5.74) is 1.90. The normalized spacial score (nSPS) is 17.9. The zero-order valence-corrected chi connectivity index (χ0v) is 15.5. The second kappa shape index (κ2) is 6.53. The van der Waals surface area contributed by atoms with E-state index in [2.05, 4.69) is 15.4 Å². The van der Waals surface area contributed by atoms with Gasteiger partial charge in [-0.3, -0.25) is 14.7 Å². The standard InChI is InChI=1S/C19H21N5O3/c1-11(2)17-7-16(22-27-17)19(26)23-10-18(25)24(9-12(23)3)14-5-4-13-8-20-21-15(13)6-14/h4-8,11-12H,9-10H2,1-3H3,(H,20,21)/t12-/m1/s1. The predicted octanol–water partition coefficient (Wildman–Crippen LogP) is 2.55. The summed E-state index contributed by atoms with van der Waals surface area (Å²) in [5.74, 6) is 0.388. The van der Waals surface area contributed by atoms with Crippen LogP contribution in [0.1, 0.15) is 42.9 Å². The fraction of sp³-hybridized carbons (Fsp3) is 0.368. The number of nitrogens with zero attached hydrogens (tertiary/aromatic N) is 4. The molecule has 1 fully saturated rings. The molecule has 3 heterocycles. The summed E-state index contributed by atoms with van der Waals surface area (Å²) < 4.78 is 5.22. The molecule has 27 heavy (non-hydrogen) atoms.